The van der Waals surface area contributed by atoms with Gasteiger partial charge in [0.1, 0.15) is 18.2 Å². The number of amides is 1. The van der Waals surface area contributed by atoms with Gasteiger partial charge in [-0.3, -0.25) is 9.59 Å². The highest BCUT2D eigenvalue weighted by molar-refractivity contribution is 6.39. The fourth-order valence-corrected chi connectivity index (χ4v) is 9.57. The van der Waals surface area contributed by atoms with Gasteiger partial charge in [0.2, 0.25) is 5.79 Å². The highest BCUT2D eigenvalue weighted by atomic mass is 16.7. The number of esters is 1. The lowest BCUT2D eigenvalue weighted by Crippen LogP contribution is -2.64. The molecule has 4 rings (SSSR count). The molecular formula is C45H74N2O12. The molecule has 14 atom stereocenters. The van der Waals surface area contributed by atoms with Gasteiger partial charge in [0, 0.05) is 57.8 Å². The fraction of sp³-hybridized carbons (Fsp3) is 0.778. The van der Waals surface area contributed by atoms with E-state index in [4.69, 9.17) is 23.7 Å². The number of carbonyl (C=O) groups excluding carboxylic acids is 3. The minimum Gasteiger partial charge on any atom is -0.456 e. The third-order valence-corrected chi connectivity index (χ3v) is 13.1. The van der Waals surface area contributed by atoms with Crippen molar-refractivity contribution in [3.8, 4) is 0 Å². The number of piperidine rings is 1. The van der Waals surface area contributed by atoms with E-state index < -0.39 is 77.9 Å². The molecule has 59 heavy (non-hydrogen) atoms. The van der Waals surface area contributed by atoms with Crippen molar-refractivity contribution in [2.45, 2.75) is 167 Å². The number of aliphatic hydroxyl groups is 3. The molecule has 3 aliphatic heterocycles. The largest absolute Gasteiger partial charge is 0.456 e. The molecule has 0 radical (unpaired) electrons. The van der Waals surface area contributed by atoms with E-state index in [1.165, 1.54) is 4.90 Å². The summed E-state index contributed by atoms with van der Waals surface area (Å²) in [6, 6.07) is -1.11. The predicted molar refractivity (Wildman–Crippen MR) is 224 cm³/mol. The van der Waals surface area contributed by atoms with Gasteiger partial charge in [-0.1, -0.05) is 50.6 Å². The Balaban J connectivity index is 0.00000930. The molecule has 3 heterocycles. The van der Waals surface area contributed by atoms with E-state index in [0.29, 0.717) is 62.7 Å². The molecule has 4 aliphatic rings. The van der Waals surface area contributed by atoms with Crippen LogP contribution < -0.4 is 0 Å². The van der Waals surface area contributed by atoms with E-state index in [-0.39, 0.29) is 55.1 Å². The summed E-state index contributed by atoms with van der Waals surface area (Å²) in [6.07, 6.45) is 8.41. The number of cyclic esters (lactones) is 1. The Kier molecular flexibility index (Phi) is 19.6. The van der Waals surface area contributed by atoms with Gasteiger partial charge in [0.05, 0.1) is 30.5 Å². The first kappa shape index (κ1) is 50.5. The fourth-order valence-electron chi connectivity index (χ4n) is 9.57. The molecule has 6 N–H and O–H groups in total. The molecule has 14 heteroatoms. The van der Waals surface area contributed by atoms with Gasteiger partial charge in [-0.25, -0.2) is 4.79 Å². The first-order valence-corrected chi connectivity index (χ1v) is 21.4. The van der Waals surface area contributed by atoms with Crippen molar-refractivity contribution >= 4 is 23.4 Å². The van der Waals surface area contributed by atoms with Gasteiger partial charge in [0.15, 0.2) is 0 Å². The molecule has 1 amide bonds. The first-order chi connectivity index (χ1) is 27.5. The number of rotatable bonds is 7. The van der Waals surface area contributed by atoms with Crippen LogP contribution in [0, 0.1) is 35.0 Å². The standard InChI is InChI=1S/C45H72N2O11.H2O/c1-10-11-14-32-20-26(2)19-27(3)21-38(55-8)41-39(56-9)23-29(5)45(53,58-41)42(50)43(51)47-18-13-12-15-34(47)44(52)57-40(30(6)36(49)25-33(32)46)28(4)22-31-16-17-35(48)37(24-31)54-7;/h10-11,20,22,27,29-32,34-41,46,48-49,53H,12-19,21,23-25H2,1-9H3;1H2/b11-10+,26-20+,28-22+,46-33?;/t27-,29+,30+,31-,32+,34-,35+,36-,37+,38-,39-,40+,41+,45+;/m0./s1. The van der Waals surface area contributed by atoms with Crippen LogP contribution in [0.5, 0.6) is 0 Å². The van der Waals surface area contributed by atoms with Crippen molar-refractivity contribution < 1.29 is 58.9 Å². The van der Waals surface area contributed by atoms with Gasteiger partial charge in [-0.2, -0.15) is 0 Å². The molecule has 14 nitrogen and oxygen atoms in total. The van der Waals surface area contributed by atoms with Gasteiger partial charge in [0.25, 0.3) is 11.7 Å². The van der Waals surface area contributed by atoms with Crippen molar-refractivity contribution in [2.75, 3.05) is 27.9 Å². The third kappa shape index (κ3) is 12.4. The van der Waals surface area contributed by atoms with Crippen molar-refractivity contribution in [3.05, 3.63) is 35.5 Å². The summed E-state index contributed by atoms with van der Waals surface area (Å²) >= 11 is 0. The van der Waals surface area contributed by atoms with Gasteiger partial charge in [-0.15, -0.1) is 0 Å². The number of ketones is 1. The molecule has 0 unspecified atom stereocenters. The number of carbonyl (C=O) groups is 3. The molecule has 1 saturated carbocycles. The van der Waals surface area contributed by atoms with Crippen LogP contribution in [0.3, 0.4) is 0 Å². The normalized spacial score (nSPS) is 40.0. The third-order valence-electron chi connectivity index (χ3n) is 13.1. The first-order valence-electron chi connectivity index (χ1n) is 21.4. The van der Waals surface area contributed by atoms with Crippen LogP contribution in [0.2, 0.25) is 0 Å². The zero-order valence-electron chi connectivity index (χ0n) is 36.9. The summed E-state index contributed by atoms with van der Waals surface area (Å²) in [5, 5.41) is 43.6. The number of hydrogen-bond acceptors (Lipinski definition) is 12. The molecule has 2 saturated heterocycles. The Morgan fingerprint density at radius 2 is 1.61 bits per heavy atom. The second kappa shape index (κ2) is 22.9. The SMILES string of the molecule is C/C=C/C[C@@H]1/C=C(\C)C[C@H](C)C[C@H](OC)[C@H]2O[C@@](O)(C(=O)C(=O)N3CCCC[C@H]3C(=O)O[C@H](/C(C)=C/[C@@H]3CC[C@@H](O)[C@H](OC)C3)[C@H](C)[C@@H](O)CC1=N)[C@H](C)C[C@@H]2OC.O. The predicted octanol–water partition coefficient (Wildman–Crippen LogP) is 4.66. The van der Waals surface area contributed by atoms with Crippen LogP contribution in [-0.2, 0) is 38.1 Å². The molecule has 0 aromatic rings. The van der Waals surface area contributed by atoms with Crippen LogP contribution in [0.25, 0.3) is 0 Å². The maximum absolute atomic E-state index is 14.4. The summed E-state index contributed by atoms with van der Waals surface area (Å²) < 4.78 is 29.9. The maximum atomic E-state index is 14.4. The lowest BCUT2D eigenvalue weighted by Gasteiger charge is -2.47. The van der Waals surface area contributed by atoms with Crippen LogP contribution in [0.1, 0.15) is 112 Å². The number of hydrogen-bond donors (Lipinski definition) is 4. The number of ether oxygens (including phenoxy) is 5. The van der Waals surface area contributed by atoms with E-state index in [0.717, 1.165) is 5.57 Å². The molecule has 1 aliphatic carbocycles. The number of methoxy groups -OCH3 is 3. The minimum absolute atomic E-state index is 0. The summed E-state index contributed by atoms with van der Waals surface area (Å²) in [6.45, 7) is 11.4. The summed E-state index contributed by atoms with van der Waals surface area (Å²) in [4.78, 5) is 44.1. The van der Waals surface area contributed by atoms with E-state index >= 15 is 0 Å². The molecule has 3 fully saturated rings. The average Bonchev–Trinajstić information content (AvgIpc) is 3.20. The summed E-state index contributed by atoms with van der Waals surface area (Å²) in [5.74, 6) is -7.06. The lowest BCUT2D eigenvalue weighted by atomic mass is 9.81. The van der Waals surface area contributed by atoms with Gasteiger partial charge in [-0.05, 0) is 102 Å². The Morgan fingerprint density at radius 1 is 0.949 bits per heavy atom. The second-order valence-electron chi connectivity index (χ2n) is 17.6. The minimum atomic E-state index is -2.49. The van der Waals surface area contributed by atoms with Crippen LogP contribution >= 0.6 is 0 Å². The Hall–Kier alpha value is -2.82. The smallest absolute Gasteiger partial charge is 0.329 e. The second-order valence-corrected chi connectivity index (χ2v) is 17.6. The summed E-state index contributed by atoms with van der Waals surface area (Å²) in [7, 11) is 4.67. The number of allylic oxidation sites excluding steroid dienone is 5. The average molecular weight is 835 g/mol. The Labute approximate surface area is 351 Å². The van der Waals surface area contributed by atoms with E-state index in [1.807, 2.05) is 39.0 Å². The maximum Gasteiger partial charge on any atom is 0.329 e. The van der Waals surface area contributed by atoms with Crippen molar-refractivity contribution in [3.63, 3.8) is 0 Å². The highest BCUT2D eigenvalue weighted by Gasteiger charge is 2.56. The van der Waals surface area contributed by atoms with Crippen LogP contribution in [-0.4, -0.2) is 131 Å². The molecule has 336 valence electrons. The van der Waals surface area contributed by atoms with E-state index in [9.17, 15) is 35.1 Å². The van der Waals surface area contributed by atoms with Crippen molar-refractivity contribution in [1.82, 2.24) is 4.90 Å². The zero-order chi connectivity index (χ0) is 42.9. The van der Waals surface area contributed by atoms with Crippen molar-refractivity contribution in [2.24, 2.45) is 29.6 Å². The van der Waals surface area contributed by atoms with E-state index in [1.54, 1.807) is 35.2 Å². The monoisotopic (exact) mass is 835 g/mol. The summed E-state index contributed by atoms with van der Waals surface area (Å²) in [5.41, 5.74) is 2.12. The number of aliphatic hydroxyl groups excluding tert-OH is 2. The Bertz CT molecular complexity index is 1510. The molecular weight excluding hydrogens is 760 g/mol. The number of fused-ring (bicyclic) bond motifs is 3. The lowest BCUT2D eigenvalue weighted by molar-refractivity contribution is -0.302. The van der Waals surface area contributed by atoms with Crippen LogP contribution in [0.4, 0.5) is 0 Å². The number of Topliss-reactive ketones (excluding diaryl/α,β-unsaturated/α-hetero) is 1. The molecule has 0 aromatic heterocycles. The number of nitrogens with zero attached hydrogens (tertiary/aromatic N) is 1. The topological polar surface area (TPSA) is 217 Å². The van der Waals surface area contributed by atoms with Crippen molar-refractivity contribution in [1.29, 1.82) is 5.41 Å². The van der Waals surface area contributed by atoms with Crippen LogP contribution in [0.15, 0.2) is 35.5 Å². The molecule has 0 spiro atoms. The number of nitrogens with one attached hydrogen (secondary N) is 1. The van der Waals surface area contributed by atoms with E-state index in [2.05, 4.69) is 13.0 Å². The van der Waals surface area contributed by atoms with Gasteiger partial charge >= 0.3 is 5.97 Å². The molecule has 0 aromatic carbocycles. The zero-order valence-corrected chi connectivity index (χ0v) is 36.9. The van der Waals surface area contributed by atoms with Gasteiger partial charge < -0.3 is 54.8 Å². The Morgan fingerprint density at radius 3 is 2.25 bits per heavy atom. The molecule has 2 bridgehead atoms. The highest BCUT2D eigenvalue weighted by Crippen LogP contribution is 2.39. The quantitative estimate of drug-likeness (QED) is 0.157.